The zero-order valence-electron chi connectivity index (χ0n) is 9.73. The molecule has 1 aromatic carbocycles. The highest BCUT2D eigenvalue weighted by Crippen LogP contribution is 2.22. The second kappa shape index (κ2) is 5.32. The molecule has 3 heteroatoms. The zero-order valence-corrected chi connectivity index (χ0v) is 9.73. The molecular formula is C13H15NO2. The van der Waals surface area contributed by atoms with E-state index in [4.69, 9.17) is 10.00 Å². The highest BCUT2D eigenvalue weighted by Gasteiger charge is 2.17. The molecule has 0 heterocycles. The van der Waals surface area contributed by atoms with Crippen LogP contribution in [-0.2, 0) is 9.53 Å². The Bertz CT molecular complexity index is 420. The first-order chi connectivity index (χ1) is 7.54. The number of rotatable bonds is 3. The lowest BCUT2D eigenvalue weighted by Gasteiger charge is -2.20. The number of benzene rings is 1. The van der Waals surface area contributed by atoms with Gasteiger partial charge in [0.15, 0.2) is 0 Å². The summed E-state index contributed by atoms with van der Waals surface area (Å²) in [7, 11) is 0. The molecule has 1 aromatic rings. The Kier molecular flexibility index (Phi) is 4.07. The van der Waals surface area contributed by atoms with E-state index < -0.39 is 0 Å². The summed E-state index contributed by atoms with van der Waals surface area (Å²) in [6.45, 7) is 5.23. The number of esters is 1. The second-order valence-electron chi connectivity index (χ2n) is 3.84. The molecule has 0 saturated heterocycles. The van der Waals surface area contributed by atoms with E-state index >= 15 is 0 Å². The Hall–Kier alpha value is -1.82. The van der Waals surface area contributed by atoms with E-state index in [-0.39, 0.29) is 18.0 Å². The van der Waals surface area contributed by atoms with Crippen LogP contribution in [0.1, 0.15) is 37.8 Å². The highest BCUT2D eigenvalue weighted by molar-refractivity contribution is 5.66. The maximum Gasteiger partial charge on any atom is 0.302 e. The molecule has 0 saturated carbocycles. The summed E-state index contributed by atoms with van der Waals surface area (Å²) in [6, 6.07) is 9.45. The van der Waals surface area contributed by atoms with Gasteiger partial charge in [0.1, 0.15) is 6.10 Å². The van der Waals surface area contributed by atoms with Gasteiger partial charge in [-0.1, -0.05) is 19.1 Å². The van der Waals surface area contributed by atoms with Gasteiger partial charge >= 0.3 is 5.97 Å². The first-order valence-electron chi connectivity index (χ1n) is 5.22. The van der Waals surface area contributed by atoms with Gasteiger partial charge in [0.2, 0.25) is 0 Å². The van der Waals surface area contributed by atoms with Crippen molar-refractivity contribution >= 4 is 5.97 Å². The van der Waals surface area contributed by atoms with Gasteiger partial charge in [0, 0.05) is 12.8 Å². The van der Waals surface area contributed by atoms with Crippen LogP contribution in [0.2, 0.25) is 0 Å². The van der Waals surface area contributed by atoms with Gasteiger partial charge in [0.05, 0.1) is 11.6 Å². The lowest BCUT2D eigenvalue weighted by molar-refractivity contribution is -0.146. The summed E-state index contributed by atoms with van der Waals surface area (Å²) >= 11 is 0. The monoisotopic (exact) mass is 217 g/mol. The van der Waals surface area contributed by atoms with Crippen LogP contribution in [0.4, 0.5) is 0 Å². The predicted molar refractivity (Wildman–Crippen MR) is 60.8 cm³/mol. The molecule has 84 valence electrons. The van der Waals surface area contributed by atoms with Crippen LogP contribution in [0, 0.1) is 11.3 Å². The van der Waals surface area contributed by atoms with Crippen LogP contribution >= 0.6 is 0 Å². The summed E-state index contributed by atoms with van der Waals surface area (Å²) in [5.74, 6) is -0.201. The van der Waals surface area contributed by atoms with Gasteiger partial charge in [0.25, 0.3) is 0 Å². The van der Waals surface area contributed by atoms with Gasteiger partial charge in [-0.2, -0.15) is 5.26 Å². The van der Waals surface area contributed by atoms with E-state index in [1.54, 1.807) is 6.07 Å². The number of nitriles is 1. The van der Waals surface area contributed by atoms with Crippen molar-refractivity contribution in [2.75, 3.05) is 0 Å². The fraction of sp³-hybridized carbons (Fsp3) is 0.385. The molecule has 0 aromatic heterocycles. The molecule has 0 bridgehead atoms. The molecular weight excluding hydrogens is 202 g/mol. The van der Waals surface area contributed by atoms with Gasteiger partial charge in [-0.3, -0.25) is 4.79 Å². The van der Waals surface area contributed by atoms with E-state index in [0.717, 1.165) is 5.56 Å². The smallest absolute Gasteiger partial charge is 0.302 e. The molecule has 0 radical (unpaired) electrons. The van der Waals surface area contributed by atoms with Gasteiger partial charge < -0.3 is 4.74 Å². The topological polar surface area (TPSA) is 50.1 Å². The van der Waals surface area contributed by atoms with Crippen LogP contribution in [0.15, 0.2) is 24.3 Å². The van der Waals surface area contributed by atoms with Crippen molar-refractivity contribution < 1.29 is 9.53 Å². The Balaban J connectivity index is 2.83. The van der Waals surface area contributed by atoms with Crippen LogP contribution in [0.5, 0.6) is 0 Å². The minimum absolute atomic E-state index is 0.0807. The minimum Gasteiger partial charge on any atom is -0.462 e. The minimum atomic E-state index is -0.282. The van der Waals surface area contributed by atoms with E-state index in [0.29, 0.717) is 5.56 Å². The highest BCUT2D eigenvalue weighted by atomic mass is 16.5. The SMILES string of the molecule is CC(=O)O[C@@H](C)[C@@H](C)c1cccc(C#N)c1. The molecule has 0 aliphatic rings. The molecule has 16 heavy (non-hydrogen) atoms. The van der Waals surface area contributed by atoms with E-state index in [1.807, 2.05) is 32.0 Å². The van der Waals surface area contributed by atoms with Crippen LogP contribution < -0.4 is 0 Å². The molecule has 0 N–H and O–H groups in total. The van der Waals surface area contributed by atoms with E-state index in [2.05, 4.69) is 6.07 Å². The zero-order chi connectivity index (χ0) is 12.1. The Labute approximate surface area is 95.7 Å². The molecule has 0 unspecified atom stereocenters. The van der Waals surface area contributed by atoms with Gasteiger partial charge in [-0.05, 0) is 24.6 Å². The number of carbonyl (C=O) groups excluding carboxylic acids is 1. The quantitative estimate of drug-likeness (QED) is 0.731. The van der Waals surface area contributed by atoms with Crippen molar-refractivity contribution in [3.05, 3.63) is 35.4 Å². The first-order valence-corrected chi connectivity index (χ1v) is 5.22. The van der Waals surface area contributed by atoms with Crippen molar-refractivity contribution in [1.82, 2.24) is 0 Å². The molecule has 3 nitrogen and oxygen atoms in total. The van der Waals surface area contributed by atoms with Crippen LogP contribution in [0.3, 0.4) is 0 Å². The molecule has 1 rings (SSSR count). The second-order valence-corrected chi connectivity index (χ2v) is 3.84. The third-order valence-corrected chi connectivity index (χ3v) is 2.60. The summed E-state index contributed by atoms with van der Waals surface area (Å²) < 4.78 is 5.12. The summed E-state index contributed by atoms with van der Waals surface area (Å²) in [6.07, 6.45) is -0.188. The molecule has 0 amide bonds. The van der Waals surface area contributed by atoms with Gasteiger partial charge in [-0.15, -0.1) is 0 Å². The van der Waals surface area contributed by atoms with E-state index in [9.17, 15) is 4.79 Å². The number of hydrogen-bond donors (Lipinski definition) is 0. The van der Waals surface area contributed by atoms with E-state index in [1.165, 1.54) is 6.92 Å². The maximum absolute atomic E-state index is 10.8. The number of nitrogens with zero attached hydrogens (tertiary/aromatic N) is 1. The molecule has 0 fully saturated rings. The van der Waals surface area contributed by atoms with Crippen molar-refractivity contribution in [2.45, 2.75) is 32.8 Å². The van der Waals surface area contributed by atoms with Crippen LogP contribution in [-0.4, -0.2) is 12.1 Å². The Morgan fingerprint density at radius 1 is 1.44 bits per heavy atom. The maximum atomic E-state index is 10.8. The first kappa shape index (κ1) is 12.3. The van der Waals surface area contributed by atoms with Crippen LogP contribution in [0.25, 0.3) is 0 Å². The standard InChI is InChI=1S/C13H15NO2/c1-9(10(2)16-11(3)15)13-6-4-5-12(7-13)8-14/h4-7,9-10H,1-3H3/t9-,10+/m1/s1. The molecule has 2 atom stereocenters. The summed E-state index contributed by atoms with van der Waals surface area (Å²) in [4.78, 5) is 10.8. The number of hydrogen-bond acceptors (Lipinski definition) is 3. The molecule has 0 aliphatic heterocycles. The fourth-order valence-electron chi connectivity index (χ4n) is 1.53. The average Bonchev–Trinajstić information content (AvgIpc) is 2.27. The Morgan fingerprint density at radius 2 is 2.12 bits per heavy atom. The average molecular weight is 217 g/mol. The third-order valence-electron chi connectivity index (χ3n) is 2.60. The third kappa shape index (κ3) is 3.09. The summed E-state index contributed by atoms with van der Waals surface area (Å²) in [5.41, 5.74) is 1.63. The largest absolute Gasteiger partial charge is 0.462 e. The van der Waals surface area contributed by atoms with Crippen molar-refractivity contribution in [2.24, 2.45) is 0 Å². The lowest BCUT2D eigenvalue weighted by Crippen LogP contribution is -2.19. The molecule has 0 spiro atoms. The van der Waals surface area contributed by atoms with Crippen molar-refractivity contribution in [1.29, 1.82) is 5.26 Å². The number of ether oxygens (including phenoxy) is 1. The van der Waals surface area contributed by atoms with Crippen molar-refractivity contribution in [3.8, 4) is 6.07 Å². The predicted octanol–water partition coefficient (Wildman–Crippen LogP) is 2.61. The molecule has 0 aliphatic carbocycles. The summed E-state index contributed by atoms with van der Waals surface area (Å²) in [5, 5.41) is 8.79. The lowest BCUT2D eigenvalue weighted by atomic mass is 9.95. The van der Waals surface area contributed by atoms with Gasteiger partial charge in [-0.25, -0.2) is 0 Å². The fourth-order valence-corrected chi connectivity index (χ4v) is 1.53. The van der Waals surface area contributed by atoms with Crippen molar-refractivity contribution in [3.63, 3.8) is 0 Å². The Morgan fingerprint density at radius 3 is 2.69 bits per heavy atom. The number of carbonyl (C=O) groups is 1. The normalized spacial score (nSPS) is 13.6.